The van der Waals surface area contributed by atoms with Crippen molar-refractivity contribution in [3.05, 3.63) is 89.6 Å². The summed E-state index contributed by atoms with van der Waals surface area (Å²) in [6, 6.07) is 22.1. The van der Waals surface area contributed by atoms with Crippen LogP contribution >= 0.6 is 0 Å². The van der Waals surface area contributed by atoms with Crippen LogP contribution in [0.5, 0.6) is 0 Å². The van der Waals surface area contributed by atoms with Crippen LogP contribution in [0.3, 0.4) is 0 Å². The quantitative estimate of drug-likeness (QED) is 0.534. The Morgan fingerprint density at radius 3 is 2.42 bits per heavy atom. The van der Waals surface area contributed by atoms with Crippen molar-refractivity contribution in [1.29, 1.82) is 0 Å². The predicted octanol–water partition coefficient (Wildman–Crippen LogP) is 4.95. The van der Waals surface area contributed by atoms with E-state index in [9.17, 15) is 4.79 Å². The van der Waals surface area contributed by atoms with Crippen molar-refractivity contribution in [3.63, 3.8) is 0 Å². The summed E-state index contributed by atoms with van der Waals surface area (Å²) in [5.74, 6) is 0.529. The SMILES string of the molecule is CO[C@@H](C(=O)Nc1ccnn1C1CCN(C/C(C)=C/c2ccccc2)CC1)c1ccccc1. The van der Waals surface area contributed by atoms with Gasteiger partial charge in [-0.25, -0.2) is 4.68 Å². The second-order valence-electron chi connectivity index (χ2n) is 8.59. The molecule has 0 bridgehead atoms. The van der Waals surface area contributed by atoms with Crippen LogP contribution in [0.1, 0.15) is 43.0 Å². The molecule has 1 aliphatic heterocycles. The highest BCUT2D eigenvalue weighted by Gasteiger charge is 2.25. The number of likely N-dealkylation sites (tertiary alicyclic amines) is 1. The molecule has 1 saturated heterocycles. The van der Waals surface area contributed by atoms with Crippen molar-refractivity contribution in [2.75, 3.05) is 32.1 Å². The second kappa shape index (κ2) is 11.1. The fourth-order valence-electron chi connectivity index (χ4n) is 4.47. The minimum atomic E-state index is -0.657. The lowest BCUT2D eigenvalue weighted by molar-refractivity contribution is -0.126. The van der Waals surface area contributed by atoms with Gasteiger partial charge >= 0.3 is 0 Å². The molecular weight excluding hydrogens is 412 g/mol. The smallest absolute Gasteiger partial charge is 0.259 e. The summed E-state index contributed by atoms with van der Waals surface area (Å²) in [7, 11) is 1.55. The van der Waals surface area contributed by atoms with Crippen molar-refractivity contribution < 1.29 is 9.53 Å². The van der Waals surface area contributed by atoms with Crippen molar-refractivity contribution in [2.45, 2.75) is 31.9 Å². The van der Waals surface area contributed by atoms with Gasteiger partial charge < -0.3 is 10.1 Å². The highest BCUT2D eigenvalue weighted by Crippen LogP contribution is 2.27. The summed E-state index contributed by atoms with van der Waals surface area (Å²) < 4.78 is 7.43. The molecule has 2 heterocycles. The van der Waals surface area contributed by atoms with E-state index in [-0.39, 0.29) is 11.9 Å². The number of methoxy groups -OCH3 is 1. The van der Waals surface area contributed by atoms with Crippen LogP contribution < -0.4 is 5.32 Å². The van der Waals surface area contributed by atoms with Crippen molar-refractivity contribution >= 4 is 17.8 Å². The van der Waals surface area contributed by atoms with E-state index in [1.807, 2.05) is 47.1 Å². The predicted molar refractivity (Wildman–Crippen MR) is 132 cm³/mol. The van der Waals surface area contributed by atoms with E-state index in [4.69, 9.17) is 4.74 Å². The molecule has 1 N–H and O–H groups in total. The van der Waals surface area contributed by atoms with Crippen LogP contribution in [0.2, 0.25) is 0 Å². The number of benzene rings is 2. The number of anilines is 1. The number of hydrogen-bond acceptors (Lipinski definition) is 4. The zero-order chi connectivity index (χ0) is 23.0. The summed E-state index contributed by atoms with van der Waals surface area (Å²) in [5, 5.41) is 7.55. The molecule has 3 aromatic rings. The molecule has 6 heteroatoms. The minimum Gasteiger partial charge on any atom is -0.367 e. The molecule has 1 aromatic heterocycles. The fraction of sp³-hybridized carbons (Fsp3) is 0.333. The minimum absolute atomic E-state index is 0.190. The number of ether oxygens (including phenoxy) is 1. The molecule has 0 saturated carbocycles. The third-order valence-corrected chi connectivity index (χ3v) is 6.09. The van der Waals surface area contributed by atoms with E-state index < -0.39 is 6.10 Å². The molecular formula is C27H32N4O2. The first-order chi connectivity index (χ1) is 16.1. The van der Waals surface area contributed by atoms with E-state index in [0.29, 0.717) is 0 Å². The van der Waals surface area contributed by atoms with Gasteiger partial charge in [0.05, 0.1) is 12.2 Å². The van der Waals surface area contributed by atoms with E-state index in [0.717, 1.165) is 43.9 Å². The van der Waals surface area contributed by atoms with Crippen LogP contribution in [0.25, 0.3) is 6.08 Å². The van der Waals surface area contributed by atoms with Gasteiger partial charge in [-0.1, -0.05) is 72.3 Å². The Morgan fingerprint density at radius 1 is 1.09 bits per heavy atom. The largest absolute Gasteiger partial charge is 0.367 e. The average Bonchev–Trinajstić information content (AvgIpc) is 3.29. The Hall–Kier alpha value is -3.22. The number of carbonyl (C=O) groups is 1. The van der Waals surface area contributed by atoms with Gasteiger partial charge in [0.25, 0.3) is 5.91 Å². The molecule has 1 atom stereocenters. The van der Waals surface area contributed by atoms with Gasteiger partial charge in [-0.2, -0.15) is 5.10 Å². The number of amides is 1. The van der Waals surface area contributed by atoms with Gasteiger partial charge in [0.15, 0.2) is 6.10 Å². The Balaban J connectivity index is 1.34. The van der Waals surface area contributed by atoms with Gasteiger partial charge in [0, 0.05) is 32.8 Å². The molecule has 172 valence electrons. The molecule has 1 fully saturated rings. The van der Waals surface area contributed by atoms with E-state index in [1.54, 1.807) is 13.3 Å². The molecule has 6 nitrogen and oxygen atoms in total. The van der Waals surface area contributed by atoms with E-state index in [1.165, 1.54) is 11.1 Å². The van der Waals surface area contributed by atoms with Crippen LogP contribution in [-0.2, 0) is 9.53 Å². The standard InChI is InChI=1S/C27H32N4O2/c1-21(19-22-9-5-3-6-10-22)20-30-17-14-24(15-18-30)31-25(13-16-28-31)29-27(32)26(33-2)23-11-7-4-8-12-23/h3-13,16,19,24,26H,14-15,17-18,20H2,1-2H3,(H,29,32)/b21-19+/t26-/m1/s1. The topological polar surface area (TPSA) is 59.4 Å². The lowest BCUT2D eigenvalue weighted by atomic mass is 10.0. The first-order valence-electron chi connectivity index (χ1n) is 11.5. The van der Waals surface area contributed by atoms with Crippen molar-refractivity contribution in [2.24, 2.45) is 0 Å². The molecule has 1 amide bonds. The molecule has 0 aliphatic carbocycles. The number of hydrogen-bond donors (Lipinski definition) is 1. The molecule has 0 spiro atoms. The number of rotatable bonds is 8. The normalized spacial score (nSPS) is 16.5. The number of carbonyl (C=O) groups excluding carboxylic acids is 1. The monoisotopic (exact) mass is 444 g/mol. The summed E-state index contributed by atoms with van der Waals surface area (Å²) in [6.07, 6.45) is 5.34. The summed E-state index contributed by atoms with van der Waals surface area (Å²) in [6.45, 7) is 5.17. The van der Waals surface area contributed by atoms with Crippen LogP contribution in [-0.4, -0.2) is 47.3 Å². The molecule has 4 rings (SSSR count). The third-order valence-electron chi connectivity index (χ3n) is 6.09. The Bertz CT molecular complexity index is 1050. The van der Waals surface area contributed by atoms with Gasteiger partial charge in [-0.3, -0.25) is 9.69 Å². The lowest BCUT2D eigenvalue weighted by Gasteiger charge is -2.33. The summed E-state index contributed by atoms with van der Waals surface area (Å²) >= 11 is 0. The van der Waals surface area contributed by atoms with Gasteiger partial charge in [0.2, 0.25) is 0 Å². The van der Waals surface area contributed by atoms with Crippen LogP contribution in [0, 0.1) is 0 Å². The summed E-state index contributed by atoms with van der Waals surface area (Å²) in [4.78, 5) is 15.4. The van der Waals surface area contributed by atoms with E-state index in [2.05, 4.69) is 52.6 Å². The maximum atomic E-state index is 12.9. The van der Waals surface area contributed by atoms with Gasteiger partial charge in [0.1, 0.15) is 5.82 Å². The molecule has 33 heavy (non-hydrogen) atoms. The average molecular weight is 445 g/mol. The third kappa shape index (κ3) is 5.97. The second-order valence-corrected chi connectivity index (χ2v) is 8.59. The number of piperidine rings is 1. The first kappa shape index (κ1) is 23.0. The highest BCUT2D eigenvalue weighted by atomic mass is 16.5. The molecule has 2 aromatic carbocycles. The molecule has 1 aliphatic rings. The Morgan fingerprint density at radius 2 is 1.76 bits per heavy atom. The maximum absolute atomic E-state index is 12.9. The zero-order valence-electron chi connectivity index (χ0n) is 19.4. The maximum Gasteiger partial charge on any atom is 0.259 e. The van der Waals surface area contributed by atoms with Crippen molar-refractivity contribution in [3.8, 4) is 0 Å². The van der Waals surface area contributed by atoms with Gasteiger partial charge in [-0.05, 0) is 30.9 Å². The Labute approximate surface area is 195 Å². The number of aromatic nitrogens is 2. The lowest BCUT2D eigenvalue weighted by Crippen LogP contribution is -2.36. The fourth-order valence-corrected chi connectivity index (χ4v) is 4.47. The van der Waals surface area contributed by atoms with Crippen LogP contribution in [0.15, 0.2) is 78.5 Å². The molecule has 0 radical (unpaired) electrons. The van der Waals surface area contributed by atoms with E-state index >= 15 is 0 Å². The van der Waals surface area contributed by atoms with Crippen LogP contribution in [0.4, 0.5) is 5.82 Å². The highest BCUT2D eigenvalue weighted by molar-refractivity contribution is 5.94. The number of nitrogens with one attached hydrogen (secondary N) is 1. The summed E-state index contributed by atoms with van der Waals surface area (Å²) in [5.41, 5.74) is 3.43. The first-order valence-corrected chi connectivity index (χ1v) is 11.5. The molecule has 0 unspecified atom stereocenters. The van der Waals surface area contributed by atoms with Crippen molar-refractivity contribution in [1.82, 2.24) is 14.7 Å². The van der Waals surface area contributed by atoms with Gasteiger partial charge in [-0.15, -0.1) is 0 Å². The Kier molecular flexibility index (Phi) is 7.70. The number of nitrogens with zero attached hydrogens (tertiary/aromatic N) is 3. The zero-order valence-corrected chi connectivity index (χ0v) is 19.4.